The Balaban J connectivity index is 2.30. The number of hydrogen-bond acceptors (Lipinski definition) is 3. The van der Waals surface area contributed by atoms with Gasteiger partial charge in [0.1, 0.15) is 0 Å². The van der Waals surface area contributed by atoms with E-state index in [-0.39, 0.29) is 0 Å². The quantitative estimate of drug-likeness (QED) is 0.642. The van der Waals surface area contributed by atoms with E-state index >= 15 is 0 Å². The van der Waals surface area contributed by atoms with Gasteiger partial charge in [0.15, 0.2) is 0 Å². The normalized spacial score (nSPS) is 22.2. The van der Waals surface area contributed by atoms with E-state index in [0.717, 1.165) is 19.7 Å². The van der Waals surface area contributed by atoms with E-state index in [4.69, 9.17) is 16.2 Å². The minimum absolute atomic E-state index is 0.622. The fourth-order valence-electron chi connectivity index (χ4n) is 2.41. The molecule has 1 atom stereocenters. The van der Waals surface area contributed by atoms with Crippen molar-refractivity contribution in [1.82, 2.24) is 0 Å². The Morgan fingerprint density at radius 1 is 1.07 bits per heavy atom. The van der Waals surface area contributed by atoms with Gasteiger partial charge in [0.2, 0.25) is 0 Å². The molecule has 0 saturated carbocycles. The molecule has 1 heterocycles. The first-order valence-corrected chi connectivity index (χ1v) is 8.70. The van der Waals surface area contributed by atoms with Gasteiger partial charge in [-0.1, -0.05) is 12.1 Å². The van der Waals surface area contributed by atoms with Crippen LogP contribution in [0.2, 0.25) is 12.1 Å². The summed E-state index contributed by atoms with van der Waals surface area (Å²) < 4.78 is 5.91. The van der Waals surface area contributed by atoms with Crippen LogP contribution in [0.1, 0.15) is 32.1 Å². The molecule has 0 aromatic rings. The summed E-state index contributed by atoms with van der Waals surface area (Å²) >= 11 is 0. The Hall–Kier alpha value is 0.0969. The first kappa shape index (κ1) is 13.2. The third kappa shape index (κ3) is 5.11. The summed E-state index contributed by atoms with van der Waals surface area (Å²) in [6, 6.07) is 2.70. The topological polar surface area (TPSA) is 61.3 Å². The summed E-state index contributed by atoms with van der Waals surface area (Å²) in [6.45, 7) is 2.65. The maximum absolute atomic E-state index is 5.91. The van der Waals surface area contributed by atoms with Crippen LogP contribution in [0.3, 0.4) is 0 Å². The highest BCUT2D eigenvalue weighted by Crippen LogP contribution is 2.21. The van der Waals surface area contributed by atoms with Gasteiger partial charge in [-0.2, -0.15) is 0 Å². The minimum Gasteiger partial charge on any atom is -0.382 e. The standard InChI is InChI=1S/C11H26N2OSi/c12-6-3-9-15(10-4-7-13)11-5-1-2-8-14-11/h11,15H,1-10,12-13H2. The lowest BCUT2D eigenvalue weighted by Crippen LogP contribution is -2.36. The fraction of sp³-hybridized carbons (Fsp3) is 1.00. The zero-order valence-corrected chi connectivity index (χ0v) is 10.9. The van der Waals surface area contributed by atoms with Crippen LogP contribution in [0, 0.1) is 0 Å². The van der Waals surface area contributed by atoms with Crippen LogP contribution in [0.15, 0.2) is 0 Å². The number of nitrogens with two attached hydrogens (primary N) is 2. The molecule has 0 aliphatic carbocycles. The van der Waals surface area contributed by atoms with Crippen LogP contribution in [0.5, 0.6) is 0 Å². The number of ether oxygens (including phenoxy) is 1. The summed E-state index contributed by atoms with van der Waals surface area (Å²) in [5.41, 5.74) is 11.8. The second kappa shape index (κ2) is 8.27. The molecule has 1 rings (SSSR count). The molecule has 1 aliphatic heterocycles. The second-order valence-corrected chi connectivity index (χ2v) is 7.95. The van der Waals surface area contributed by atoms with Gasteiger partial charge in [0.25, 0.3) is 0 Å². The van der Waals surface area contributed by atoms with Crippen molar-refractivity contribution in [2.75, 3.05) is 19.7 Å². The first-order chi connectivity index (χ1) is 7.38. The molecule has 0 radical (unpaired) electrons. The SMILES string of the molecule is NCCC[SiH](CCCN)C1CCCCO1. The van der Waals surface area contributed by atoms with Crippen molar-refractivity contribution < 1.29 is 4.74 Å². The van der Waals surface area contributed by atoms with Crippen LogP contribution in [0.25, 0.3) is 0 Å². The molecule has 15 heavy (non-hydrogen) atoms. The zero-order chi connectivity index (χ0) is 10.9. The smallest absolute Gasteiger partial charge is 0.0718 e. The molecule has 1 aliphatic rings. The molecule has 1 unspecified atom stereocenters. The van der Waals surface area contributed by atoms with Crippen molar-refractivity contribution in [1.29, 1.82) is 0 Å². The Labute approximate surface area is 95.2 Å². The summed E-state index contributed by atoms with van der Waals surface area (Å²) in [6.07, 6.45) is 6.28. The molecule has 4 heteroatoms. The summed E-state index contributed by atoms with van der Waals surface area (Å²) in [5, 5.41) is 0. The highest BCUT2D eigenvalue weighted by Gasteiger charge is 2.24. The molecule has 0 amide bonds. The highest BCUT2D eigenvalue weighted by atomic mass is 28.3. The Bertz CT molecular complexity index is 144. The predicted octanol–water partition coefficient (Wildman–Crippen LogP) is 1.02. The Kier molecular flexibility index (Phi) is 7.26. The molecule has 0 aromatic heterocycles. The first-order valence-electron chi connectivity index (χ1n) is 6.40. The van der Waals surface area contributed by atoms with Gasteiger partial charge in [-0.3, -0.25) is 0 Å². The van der Waals surface area contributed by atoms with Gasteiger partial charge in [0.05, 0.1) is 8.80 Å². The van der Waals surface area contributed by atoms with E-state index < -0.39 is 8.80 Å². The van der Waals surface area contributed by atoms with Gasteiger partial charge >= 0.3 is 0 Å². The van der Waals surface area contributed by atoms with Gasteiger partial charge < -0.3 is 16.2 Å². The molecule has 0 bridgehead atoms. The lowest BCUT2D eigenvalue weighted by molar-refractivity contribution is 0.0619. The maximum Gasteiger partial charge on any atom is 0.0718 e. The van der Waals surface area contributed by atoms with Gasteiger partial charge in [-0.25, -0.2) is 0 Å². The van der Waals surface area contributed by atoms with Gasteiger partial charge in [-0.15, -0.1) is 0 Å². The molecule has 0 spiro atoms. The van der Waals surface area contributed by atoms with Crippen molar-refractivity contribution in [3.8, 4) is 0 Å². The molecule has 0 aromatic carbocycles. The molecular formula is C11H26N2OSi. The third-order valence-corrected chi connectivity index (χ3v) is 7.18. The lowest BCUT2D eigenvalue weighted by Gasteiger charge is -2.29. The predicted molar refractivity (Wildman–Crippen MR) is 67.7 cm³/mol. The van der Waals surface area contributed by atoms with E-state index in [9.17, 15) is 0 Å². The summed E-state index contributed by atoms with van der Waals surface area (Å²) in [4.78, 5) is 0. The summed E-state index contributed by atoms with van der Waals surface area (Å²) in [7, 11) is -0.733. The van der Waals surface area contributed by atoms with Crippen LogP contribution in [-0.2, 0) is 4.74 Å². The fourth-order valence-corrected chi connectivity index (χ4v) is 6.08. The largest absolute Gasteiger partial charge is 0.382 e. The Morgan fingerprint density at radius 2 is 1.73 bits per heavy atom. The average molecular weight is 230 g/mol. The van der Waals surface area contributed by atoms with Crippen molar-refractivity contribution >= 4 is 8.80 Å². The van der Waals surface area contributed by atoms with E-state index in [1.54, 1.807) is 0 Å². The van der Waals surface area contributed by atoms with Crippen LogP contribution >= 0.6 is 0 Å². The van der Waals surface area contributed by atoms with E-state index in [0.29, 0.717) is 5.73 Å². The van der Waals surface area contributed by atoms with Crippen molar-refractivity contribution in [2.24, 2.45) is 11.5 Å². The van der Waals surface area contributed by atoms with Crippen molar-refractivity contribution in [2.45, 2.75) is 49.9 Å². The van der Waals surface area contributed by atoms with Crippen LogP contribution in [0.4, 0.5) is 0 Å². The minimum atomic E-state index is -0.733. The molecule has 1 fully saturated rings. The van der Waals surface area contributed by atoms with Crippen molar-refractivity contribution in [3.63, 3.8) is 0 Å². The lowest BCUT2D eigenvalue weighted by atomic mass is 10.2. The zero-order valence-electron chi connectivity index (χ0n) is 9.79. The van der Waals surface area contributed by atoms with Crippen molar-refractivity contribution in [3.05, 3.63) is 0 Å². The molecule has 3 nitrogen and oxygen atoms in total. The maximum atomic E-state index is 5.91. The summed E-state index contributed by atoms with van der Waals surface area (Å²) in [5.74, 6) is 0. The van der Waals surface area contributed by atoms with E-state index in [1.807, 2.05) is 0 Å². The molecular weight excluding hydrogens is 204 g/mol. The highest BCUT2D eigenvalue weighted by molar-refractivity contribution is 6.60. The third-order valence-electron chi connectivity index (χ3n) is 3.30. The second-order valence-electron chi connectivity index (χ2n) is 4.53. The number of rotatable bonds is 7. The molecule has 4 N–H and O–H groups in total. The van der Waals surface area contributed by atoms with Gasteiger partial charge in [-0.05, 0) is 45.2 Å². The van der Waals surface area contributed by atoms with E-state index in [2.05, 4.69) is 0 Å². The monoisotopic (exact) mass is 230 g/mol. The molecule has 90 valence electrons. The van der Waals surface area contributed by atoms with Gasteiger partial charge in [0, 0.05) is 12.3 Å². The van der Waals surface area contributed by atoms with Crippen LogP contribution < -0.4 is 11.5 Å². The number of hydrogen-bond donors (Lipinski definition) is 2. The van der Waals surface area contributed by atoms with Crippen LogP contribution in [-0.4, -0.2) is 34.2 Å². The molecule has 1 saturated heterocycles. The average Bonchev–Trinajstić information content (AvgIpc) is 2.30. The Morgan fingerprint density at radius 3 is 2.20 bits per heavy atom. The van der Waals surface area contributed by atoms with E-state index in [1.165, 1.54) is 44.2 Å².